The summed E-state index contributed by atoms with van der Waals surface area (Å²) in [5, 5.41) is 7.43. The first-order valence-electron chi connectivity index (χ1n) is 8.68. The lowest BCUT2D eigenvalue weighted by atomic mass is 10.0. The highest BCUT2D eigenvalue weighted by molar-refractivity contribution is 5.98. The third-order valence-electron chi connectivity index (χ3n) is 4.65. The second kappa shape index (κ2) is 7.40. The average Bonchev–Trinajstić information content (AvgIpc) is 2.95. The van der Waals surface area contributed by atoms with Gasteiger partial charge in [0.05, 0.1) is 0 Å². The Labute approximate surface area is 153 Å². The molecular formula is C22H23N3O. The van der Waals surface area contributed by atoms with Crippen molar-refractivity contribution in [1.82, 2.24) is 4.57 Å². The van der Waals surface area contributed by atoms with Crippen LogP contribution in [0.5, 0.6) is 0 Å². The molecule has 0 atom stereocenters. The molecule has 0 radical (unpaired) electrons. The largest absolute Gasteiger partial charge is 0.384 e. The van der Waals surface area contributed by atoms with Gasteiger partial charge in [-0.25, -0.2) is 0 Å². The van der Waals surface area contributed by atoms with Crippen molar-refractivity contribution in [1.29, 1.82) is 5.41 Å². The number of para-hydroxylation sites is 1. The van der Waals surface area contributed by atoms with Crippen LogP contribution < -0.4 is 5.73 Å². The molecular weight excluding hydrogens is 322 g/mol. The Bertz CT molecular complexity index is 938. The summed E-state index contributed by atoms with van der Waals surface area (Å²) in [4.78, 5) is 12.7. The zero-order chi connectivity index (χ0) is 18.7. The molecule has 4 nitrogen and oxygen atoms in total. The van der Waals surface area contributed by atoms with E-state index in [0.29, 0.717) is 18.4 Å². The van der Waals surface area contributed by atoms with Crippen molar-refractivity contribution < 1.29 is 4.79 Å². The van der Waals surface area contributed by atoms with Crippen LogP contribution in [0.25, 0.3) is 5.69 Å². The number of aryl methyl sites for hydroxylation is 2. The fourth-order valence-corrected chi connectivity index (χ4v) is 3.26. The Kier molecular flexibility index (Phi) is 5.03. The fraction of sp³-hybridized carbons (Fsp3) is 0.182. The summed E-state index contributed by atoms with van der Waals surface area (Å²) in [5.41, 5.74) is 11.1. The van der Waals surface area contributed by atoms with Crippen molar-refractivity contribution in [3.8, 4) is 5.69 Å². The fourth-order valence-electron chi connectivity index (χ4n) is 3.26. The Morgan fingerprint density at radius 1 is 1.04 bits per heavy atom. The van der Waals surface area contributed by atoms with Crippen LogP contribution in [-0.4, -0.2) is 16.2 Å². The minimum Gasteiger partial charge on any atom is -0.384 e. The highest BCUT2D eigenvalue weighted by Crippen LogP contribution is 2.22. The maximum atomic E-state index is 12.7. The van der Waals surface area contributed by atoms with Crippen molar-refractivity contribution in [2.24, 2.45) is 5.73 Å². The van der Waals surface area contributed by atoms with E-state index in [0.717, 1.165) is 28.2 Å². The van der Waals surface area contributed by atoms with Gasteiger partial charge in [-0.2, -0.15) is 0 Å². The standard InChI is InChI=1S/C22H23N3O/c1-15-14-20(16(2)25(15)19-6-4-3-5-7-19)21(26)13-10-17-8-11-18(12-9-17)22(23)24/h3-9,11-12,14H,10,13H2,1-2H3,(H3,23,24). The van der Waals surface area contributed by atoms with Gasteiger partial charge in [-0.15, -0.1) is 0 Å². The van der Waals surface area contributed by atoms with E-state index in [9.17, 15) is 4.79 Å². The first-order valence-corrected chi connectivity index (χ1v) is 8.68. The van der Waals surface area contributed by atoms with E-state index in [1.165, 1.54) is 0 Å². The smallest absolute Gasteiger partial charge is 0.165 e. The van der Waals surface area contributed by atoms with Gasteiger partial charge >= 0.3 is 0 Å². The number of rotatable bonds is 6. The summed E-state index contributed by atoms with van der Waals surface area (Å²) in [6, 6.07) is 19.6. The highest BCUT2D eigenvalue weighted by atomic mass is 16.1. The van der Waals surface area contributed by atoms with E-state index in [2.05, 4.69) is 4.57 Å². The Morgan fingerprint density at radius 2 is 1.69 bits per heavy atom. The number of carbonyl (C=O) groups excluding carboxylic acids is 1. The molecule has 0 amide bonds. The van der Waals surface area contributed by atoms with Crippen LogP contribution in [0.15, 0.2) is 60.7 Å². The normalized spacial score (nSPS) is 10.7. The zero-order valence-electron chi connectivity index (χ0n) is 15.1. The summed E-state index contributed by atoms with van der Waals surface area (Å²) in [7, 11) is 0. The second-order valence-corrected chi connectivity index (χ2v) is 6.49. The van der Waals surface area contributed by atoms with Crippen molar-refractivity contribution >= 4 is 11.6 Å². The first kappa shape index (κ1) is 17.7. The molecule has 0 fully saturated rings. The van der Waals surface area contributed by atoms with E-state index < -0.39 is 0 Å². The molecule has 26 heavy (non-hydrogen) atoms. The van der Waals surface area contributed by atoms with Gasteiger partial charge in [-0.05, 0) is 44.0 Å². The topological polar surface area (TPSA) is 71.9 Å². The number of carbonyl (C=O) groups is 1. The Morgan fingerprint density at radius 3 is 2.31 bits per heavy atom. The monoisotopic (exact) mass is 345 g/mol. The first-order chi connectivity index (χ1) is 12.5. The predicted octanol–water partition coefficient (Wildman–Crippen LogP) is 4.19. The lowest BCUT2D eigenvalue weighted by Crippen LogP contribution is -2.10. The lowest BCUT2D eigenvalue weighted by Gasteiger charge is -2.09. The SMILES string of the molecule is Cc1cc(C(=O)CCc2ccc(C(=N)N)cc2)c(C)n1-c1ccccc1. The summed E-state index contributed by atoms with van der Waals surface area (Å²) >= 11 is 0. The van der Waals surface area contributed by atoms with E-state index in [4.69, 9.17) is 11.1 Å². The Balaban J connectivity index is 1.75. The van der Waals surface area contributed by atoms with Gasteiger partial charge in [-0.1, -0.05) is 42.5 Å². The number of aromatic nitrogens is 1. The van der Waals surface area contributed by atoms with Gasteiger partial charge in [0.15, 0.2) is 5.78 Å². The van der Waals surface area contributed by atoms with Crippen LogP contribution in [0.4, 0.5) is 0 Å². The molecule has 3 rings (SSSR count). The number of nitrogens with two attached hydrogens (primary N) is 1. The number of ketones is 1. The van der Waals surface area contributed by atoms with Gasteiger partial charge in [0.25, 0.3) is 0 Å². The molecule has 4 heteroatoms. The molecule has 2 aromatic carbocycles. The second-order valence-electron chi connectivity index (χ2n) is 6.49. The molecule has 1 heterocycles. The third-order valence-corrected chi connectivity index (χ3v) is 4.65. The van der Waals surface area contributed by atoms with Crippen LogP contribution in [0, 0.1) is 19.3 Å². The van der Waals surface area contributed by atoms with E-state index in [1.54, 1.807) is 0 Å². The lowest BCUT2D eigenvalue weighted by molar-refractivity contribution is 0.0982. The molecule has 0 saturated heterocycles. The summed E-state index contributed by atoms with van der Waals surface area (Å²) < 4.78 is 2.12. The maximum Gasteiger partial charge on any atom is 0.165 e. The molecule has 0 spiro atoms. The number of hydrogen-bond donors (Lipinski definition) is 2. The van der Waals surface area contributed by atoms with Crippen LogP contribution in [0.2, 0.25) is 0 Å². The molecule has 0 unspecified atom stereocenters. The number of hydrogen-bond acceptors (Lipinski definition) is 2. The van der Waals surface area contributed by atoms with Crippen LogP contribution in [0.1, 0.15) is 39.3 Å². The molecule has 3 N–H and O–H groups in total. The molecule has 0 aliphatic heterocycles. The van der Waals surface area contributed by atoms with Gasteiger partial charge in [0, 0.05) is 34.6 Å². The number of nitrogens with one attached hydrogen (secondary N) is 1. The number of nitrogens with zero attached hydrogens (tertiary/aromatic N) is 1. The van der Waals surface area contributed by atoms with Crippen LogP contribution >= 0.6 is 0 Å². The highest BCUT2D eigenvalue weighted by Gasteiger charge is 2.16. The summed E-state index contributed by atoms with van der Waals surface area (Å²) in [5.74, 6) is 0.205. The molecule has 0 saturated carbocycles. The molecule has 1 aromatic heterocycles. The molecule has 0 aliphatic rings. The van der Waals surface area contributed by atoms with Crippen LogP contribution in [-0.2, 0) is 6.42 Å². The number of amidine groups is 1. The van der Waals surface area contributed by atoms with Gasteiger partial charge in [0.1, 0.15) is 5.84 Å². The van der Waals surface area contributed by atoms with Crippen molar-refractivity contribution in [2.75, 3.05) is 0 Å². The maximum absolute atomic E-state index is 12.7. The molecule has 132 valence electrons. The van der Waals surface area contributed by atoms with Crippen LogP contribution in [0.3, 0.4) is 0 Å². The molecule has 0 aliphatic carbocycles. The van der Waals surface area contributed by atoms with Gasteiger partial charge < -0.3 is 10.3 Å². The summed E-state index contributed by atoms with van der Waals surface area (Å²) in [6.45, 7) is 4.02. The predicted molar refractivity (Wildman–Crippen MR) is 105 cm³/mol. The minimum atomic E-state index is 0.0565. The van der Waals surface area contributed by atoms with Crippen molar-refractivity contribution in [3.05, 3.63) is 88.7 Å². The van der Waals surface area contributed by atoms with Gasteiger partial charge in [-0.3, -0.25) is 10.2 Å². The molecule has 3 aromatic rings. The van der Waals surface area contributed by atoms with Crippen molar-refractivity contribution in [2.45, 2.75) is 26.7 Å². The number of benzene rings is 2. The quantitative estimate of drug-likeness (QED) is 0.399. The van der Waals surface area contributed by atoms with Gasteiger partial charge in [0.2, 0.25) is 0 Å². The van der Waals surface area contributed by atoms with Crippen molar-refractivity contribution in [3.63, 3.8) is 0 Å². The number of nitrogen functional groups attached to an aromatic ring is 1. The van der Waals surface area contributed by atoms with E-state index in [-0.39, 0.29) is 11.6 Å². The Hall–Kier alpha value is -3.14. The number of Topliss-reactive ketones (excluding diaryl/α,β-unsaturated/α-hetero) is 1. The van der Waals surface area contributed by atoms with E-state index >= 15 is 0 Å². The summed E-state index contributed by atoms with van der Waals surface area (Å²) in [6.07, 6.45) is 1.13. The van der Waals surface area contributed by atoms with E-state index in [1.807, 2.05) is 74.5 Å². The third kappa shape index (κ3) is 3.59. The minimum absolute atomic E-state index is 0.0565. The molecule has 0 bridgehead atoms. The average molecular weight is 345 g/mol. The zero-order valence-corrected chi connectivity index (χ0v) is 15.1.